The molecule has 0 radical (unpaired) electrons. The van der Waals surface area contributed by atoms with Gasteiger partial charge in [-0.25, -0.2) is 0 Å². The van der Waals surface area contributed by atoms with Gasteiger partial charge in [0.15, 0.2) is 6.10 Å². The quantitative estimate of drug-likeness (QED) is 0.699. The van der Waals surface area contributed by atoms with Crippen molar-refractivity contribution in [3.63, 3.8) is 0 Å². The number of hydrogen-bond donors (Lipinski definition) is 1. The lowest BCUT2D eigenvalue weighted by Gasteiger charge is -2.17. The molecule has 0 aliphatic carbocycles. The van der Waals surface area contributed by atoms with E-state index in [2.05, 4.69) is 21.5 Å². The molecule has 0 aliphatic rings. The lowest BCUT2D eigenvalue weighted by atomic mass is 10.1. The maximum atomic E-state index is 12.4. The number of amides is 1. The molecule has 6 heteroatoms. The van der Waals surface area contributed by atoms with Gasteiger partial charge in [-0.1, -0.05) is 35.0 Å². The lowest BCUT2D eigenvalue weighted by Crippen LogP contribution is -2.36. The second-order valence-electron chi connectivity index (χ2n) is 7.06. The van der Waals surface area contributed by atoms with Crippen LogP contribution in [0.3, 0.4) is 0 Å². The van der Waals surface area contributed by atoms with Crippen LogP contribution in [-0.4, -0.2) is 22.2 Å². The predicted molar refractivity (Wildman–Crippen MR) is 107 cm³/mol. The van der Waals surface area contributed by atoms with Crippen LogP contribution in [0.1, 0.15) is 35.1 Å². The number of carbonyl (C=O) groups excluding carboxylic acids is 1. The highest BCUT2D eigenvalue weighted by molar-refractivity contribution is 5.80. The molecule has 6 nitrogen and oxygen atoms in total. The van der Waals surface area contributed by atoms with E-state index < -0.39 is 6.10 Å². The molecule has 1 heterocycles. The number of hydrogen-bond acceptors (Lipinski definition) is 5. The van der Waals surface area contributed by atoms with Crippen molar-refractivity contribution < 1.29 is 14.1 Å². The Morgan fingerprint density at radius 3 is 2.68 bits per heavy atom. The molecule has 146 valence electrons. The smallest absolute Gasteiger partial charge is 0.261 e. The minimum absolute atomic E-state index is 0.150. The number of rotatable bonds is 6. The van der Waals surface area contributed by atoms with E-state index in [4.69, 9.17) is 9.26 Å². The van der Waals surface area contributed by atoms with Crippen LogP contribution in [0.25, 0.3) is 11.4 Å². The van der Waals surface area contributed by atoms with Crippen molar-refractivity contribution in [1.29, 1.82) is 0 Å². The highest BCUT2D eigenvalue weighted by atomic mass is 16.5. The van der Waals surface area contributed by atoms with Crippen LogP contribution in [0.2, 0.25) is 0 Å². The second-order valence-corrected chi connectivity index (χ2v) is 7.06. The number of aryl methyl sites for hydroxylation is 3. The van der Waals surface area contributed by atoms with E-state index in [1.165, 1.54) is 0 Å². The second kappa shape index (κ2) is 8.25. The SMILES string of the molecule is Cc1cccc(-c2noc(CNC(=O)[C@@H](C)Oc3cc(C)cc(C)c3C)n2)c1. The van der Waals surface area contributed by atoms with E-state index >= 15 is 0 Å². The number of benzene rings is 2. The first-order valence-corrected chi connectivity index (χ1v) is 9.25. The van der Waals surface area contributed by atoms with Gasteiger partial charge in [-0.2, -0.15) is 4.98 Å². The third-order valence-corrected chi connectivity index (χ3v) is 4.60. The molecule has 0 saturated carbocycles. The van der Waals surface area contributed by atoms with Crippen molar-refractivity contribution in [1.82, 2.24) is 15.5 Å². The van der Waals surface area contributed by atoms with Crippen molar-refractivity contribution in [2.75, 3.05) is 0 Å². The van der Waals surface area contributed by atoms with Crippen LogP contribution in [0.15, 0.2) is 40.9 Å². The average Bonchev–Trinajstić information content (AvgIpc) is 3.12. The molecule has 28 heavy (non-hydrogen) atoms. The summed E-state index contributed by atoms with van der Waals surface area (Å²) in [6, 6.07) is 11.9. The zero-order chi connectivity index (χ0) is 20.3. The molecule has 0 aliphatic heterocycles. The Balaban J connectivity index is 1.60. The van der Waals surface area contributed by atoms with Gasteiger partial charge in [0.05, 0.1) is 6.54 Å². The Kier molecular flexibility index (Phi) is 5.78. The molecule has 0 spiro atoms. The zero-order valence-electron chi connectivity index (χ0n) is 16.9. The summed E-state index contributed by atoms with van der Waals surface area (Å²) in [6.45, 7) is 9.89. The molecular weight excluding hydrogens is 354 g/mol. The largest absolute Gasteiger partial charge is 0.481 e. The Hall–Kier alpha value is -3.15. The summed E-state index contributed by atoms with van der Waals surface area (Å²) >= 11 is 0. The molecule has 0 unspecified atom stereocenters. The predicted octanol–water partition coefficient (Wildman–Crippen LogP) is 4.05. The number of nitrogens with one attached hydrogen (secondary N) is 1. The fraction of sp³-hybridized carbons (Fsp3) is 0.318. The van der Waals surface area contributed by atoms with Crippen LogP contribution < -0.4 is 10.1 Å². The Morgan fingerprint density at radius 1 is 1.14 bits per heavy atom. The van der Waals surface area contributed by atoms with Gasteiger partial charge < -0.3 is 14.6 Å². The van der Waals surface area contributed by atoms with Gasteiger partial charge in [-0.05, 0) is 63.4 Å². The van der Waals surface area contributed by atoms with Crippen LogP contribution in [0.5, 0.6) is 5.75 Å². The molecule has 3 aromatic rings. The molecule has 1 amide bonds. The van der Waals surface area contributed by atoms with Crippen molar-refractivity contribution in [2.45, 2.75) is 47.3 Å². The topological polar surface area (TPSA) is 77.2 Å². The normalized spacial score (nSPS) is 11.9. The van der Waals surface area contributed by atoms with Crippen molar-refractivity contribution >= 4 is 5.91 Å². The number of carbonyl (C=O) groups is 1. The van der Waals surface area contributed by atoms with Gasteiger partial charge in [-0.3, -0.25) is 4.79 Å². The molecule has 0 bridgehead atoms. The molecule has 3 rings (SSSR count). The van der Waals surface area contributed by atoms with Gasteiger partial charge in [0.1, 0.15) is 5.75 Å². The third-order valence-electron chi connectivity index (χ3n) is 4.60. The van der Waals surface area contributed by atoms with Gasteiger partial charge in [-0.15, -0.1) is 0 Å². The van der Waals surface area contributed by atoms with Crippen LogP contribution in [0, 0.1) is 27.7 Å². The van der Waals surface area contributed by atoms with E-state index in [1.807, 2.05) is 58.0 Å². The first-order valence-electron chi connectivity index (χ1n) is 9.25. The Bertz CT molecular complexity index is 994. The number of aromatic nitrogens is 2. The van der Waals surface area contributed by atoms with Crippen LogP contribution >= 0.6 is 0 Å². The van der Waals surface area contributed by atoms with Gasteiger partial charge in [0.2, 0.25) is 11.7 Å². The van der Waals surface area contributed by atoms with Gasteiger partial charge in [0.25, 0.3) is 5.91 Å². The van der Waals surface area contributed by atoms with Gasteiger partial charge in [0, 0.05) is 5.56 Å². The highest BCUT2D eigenvalue weighted by Gasteiger charge is 2.18. The maximum absolute atomic E-state index is 12.4. The fourth-order valence-corrected chi connectivity index (χ4v) is 2.90. The van der Waals surface area contributed by atoms with E-state index in [0.29, 0.717) is 11.7 Å². The summed E-state index contributed by atoms with van der Waals surface area (Å²) in [6.07, 6.45) is -0.640. The summed E-state index contributed by atoms with van der Waals surface area (Å²) in [5, 5.41) is 6.76. The summed E-state index contributed by atoms with van der Waals surface area (Å²) in [4.78, 5) is 16.7. The molecule has 1 aromatic heterocycles. The summed E-state index contributed by atoms with van der Waals surface area (Å²) in [7, 11) is 0. The maximum Gasteiger partial charge on any atom is 0.261 e. The first-order chi connectivity index (χ1) is 13.3. The van der Waals surface area contributed by atoms with Gasteiger partial charge >= 0.3 is 0 Å². The standard InChI is InChI=1S/C22H25N3O3/c1-13-7-6-8-18(10-13)21-24-20(28-25-21)12-23-22(26)17(5)27-19-11-14(2)9-15(3)16(19)4/h6-11,17H,12H2,1-5H3,(H,23,26)/t17-/m1/s1. The van der Waals surface area contributed by atoms with Crippen molar-refractivity contribution in [3.8, 4) is 17.1 Å². The van der Waals surface area contributed by atoms with E-state index in [0.717, 1.165) is 33.6 Å². The number of ether oxygens (including phenoxy) is 1. The first kappa shape index (κ1) is 19.6. The molecule has 2 aromatic carbocycles. The molecule has 0 fully saturated rings. The van der Waals surface area contributed by atoms with Crippen molar-refractivity contribution in [2.24, 2.45) is 0 Å². The minimum atomic E-state index is -0.640. The molecule has 1 N–H and O–H groups in total. The summed E-state index contributed by atoms with van der Waals surface area (Å²) < 4.78 is 11.1. The molecule has 1 atom stereocenters. The van der Waals surface area contributed by atoms with Crippen LogP contribution in [-0.2, 0) is 11.3 Å². The van der Waals surface area contributed by atoms with E-state index in [9.17, 15) is 4.79 Å². The monoisotopic (exact) mass is 379 g/mol. The third kappa shape index (κ3) is 4.57. The Labute approximate surface area is 164 Å². The summed E-state index contributed by atoms with van der Waals surface area (Å²) in [5.41, 5.74) is 5.26. The Morgan fingerprint density at radius 2 is 1.93 bits per heavy atom. The van der Waals surface area contributed by atoms with Crippen molar-refractivity contribution in [3.05, 3.63) is 64.5 Å². The molecule has 0 saturated heterocycles. The van der Waals surface area contributed by atoms with E-state index in [1.54, 1.807) is 6.92 Å². The van der Waals surface area contributed by atoms with Crippen LogP contribution in [0.4, 0.5) is 0 Å². The number of nitrogens with zero attached hydrogens (tertiary/aromatic N) is 2. The summed E-state index contributed by atoms with van der Waals surface area (Å²) in [5.74, 6) is 1.33. The average molecular weight is 379 g/mol. The molecular formula is C22H25N3O3. The zero-order valence-corrected chi connectivity index (χ0v) is 16.9. The minimum Gasteiger partial charge on any atom is -0.481 e. The lowest BCUT2D eigenvalue weighted by molar-refractivity contribution is -0.127. The van der Waals surface area contributed by atoms with E-state index in [-0.39, 0.29) is 12.5 Å². The fourth-order valence-electron chi connectivity index (χ4n) is 2.90. The highest BCUT2D eigenvalue weighted by Crippen LogP contribution is 2.24.